The Balaban J connectivity index is 1.34. The molecule has 41 heavy (non-hydrogen) atoms. The Hall–Kier alpha value is -4.17. The van der Waals surface area contributed by atoms with E-state index in [9.17, 15) is 10.1 Å². The lowest BCUT2D eigenvalue weighted by atomic mass is 10.0. The Morgan fingerprint density at radius 1 is 1.22 bits per heavy atom. The SMILES string of the molecule is C=CC(=O)N1CCN(c2nc(OC[C@@H]3CCCN3C)nc3c2CCN(c2c(C)ccc4cn[nH]c24)C3)CC1CC#N. The Labute approximate surface area is 240 Å². The van der Waals surface area contributed by atoms with E-state index in [1.165, 1.54) is 18.1 Å². The van der Waals surface area contributed by atoms with Gasteiger partial charge in [-0.25, -0.2) is 0 Å². The fourth-order valence-electron chi connectivity index (χ4n) is 6.51. The van der Waals surface area contributed by atoms with Crippen LogP contribution in [-0.4, -0.2) is 94.3 Å². The van der Waals surface area contributed by atoms with Gasteiger partial charge in [-0.1, -0.05) is 18.7 Å². The highest BCUT2D eigenvalue weighted by Gasteiger charge is 2.34. The van der Waals surface area contributed by atoms with Gasteiger partial charge in [0.1, 0.15) is 12.4 Å². The average molecular weight is 556 g/mol. The van der Waals surface area contributed by atoms with Gasteiger partial charge < -0.3 is 24.3 Å². The number of carbonyl (C=O) groups is 1. The Kier molecular flexibility index (Phi) is 7.49. The number of hydrogen-bond donors (Lipinski definition) is 1. The number of hydrogen-bond acceptors (Lipinski definition) is 9. The lowest BCUT2D eigenvalue weighted by Crippen LogP contribution is -2.55. The minimum atomic E-state index is -0.234. The van der Waals surface area contributed by atoms with E-state index in [-0.39, 0.29) is 18.4 Å². The van der Waals surface area contributed by atoms with Gasteiger partial charge in [0.15, 0.2) is 0 Å². The number of amides is 1. The molecule has 11 heteroatoms. The second kappa shape index (κ2) is 11.4. The largest absolute Gasteiger partial charge is 0.462 e. The number of aryl methyl sites for hydroxylation is 1. The molecule has 1 unspecified atom stereocenters. The Morgan fingerprint density at radius 2 is 2.10 bits per heavy atom. The van der Waals surface area contributed by atoms with Crippen molar-refractivity contribution < 1.29 is 9.53 Å². The van der Waals surface area contributed by atoms with E-state index < -0.39 is 0 Å². The summed E-state index contributed by atoms with van der Waals surface area (Å²) in [7, 11) is 2.13. The molecule has 0 bridgehead atoms. The van der Waals surface area contributed by atoms with E-state index in [4.69, 9.17) is 14.7 Å². The van der Waals surface area contributed by atoms with E-state index in [2.05, 4.69) is 63.6 Å². The van der Waals surface area contributed by atoms with Gasteiger partial charge in [-0.15, -0.1) is 0 Å². The first kappa shape index (κ1) is 27.0. The quantitative estimate of drug-likeness (QED) is 0.439. The molecule has 11 nitrogen and oxygen atoms in total. The van der Waals surface area contributed by atoms with Gasteiger partial charge in [0.25, 0.3) is 0 Å². The molecule has 0 aliphatic carbocycles. The monoisotopic (exact) mass is 555 g/mol. The summed E-state index contributed by atoms with van der Waals surface area (Å²) in [5.74, 6) is 0.716. The van der Waals surface area contributed by atoms with Crippen molar-refractivity contribution in [3.63, 3.8) is 0 Å². The first-order chi connectivity index (χ1) is 20.0. The summed E-state index contributed by atoms with van der Waals surface area (Å²) in [6, 6.07) is 6.99. The second-order valence-electron chi connectivity index (χ2n) is 11.3. The topological polar surface area (TPSA) is 118 Å². The van der Waals surface area contributed by atoms with E-state index in [1.807, 2.05) is 6.20 Å². The maximum absolute atomic E-state index is 12.5. The van der Waals surface area contributed by atoms with Gasteiger partial charge in [0.2, 0.25) is 5.91 Å². The summed E-state index contributed by atoms with van der Waals surface area (Å²) >= 11 is 0. The number of fused-ring (bicyclic) bond motifs is 2. The highest BCUT2D eigenvalue weighted by molar-refractivity contribution is 5.92. The van der Waals surface area contributed by atoms with Crippen molar-refractivity contribution in [2.45, 2.75) is 51.2 Å². The van der Waals surface area contributed by atoms with Crippen LogP contribution in [0.4, 0.5) is 11.5 Å². The maximum Gasteiger partial charge on any atom is 0.318 e. The van der Waals surface area contributed by atoms with E-state index in [1.54, 1.807) is 4.90 Å². The van der Waals surface area contributed by atoms with Crippen molar-refractivity contribution in [3.8, 4) is 12.1 Å². The molecule has 6 rings (SSSR count). The van der Waals surface area contributed by atoms with Gasteiger partial charge in [-0.2, -0.15) is 20.3 Å². The summed E-state index contributed by atoms with van der Waals surface area (Å²) in [5.41, 5.74) is 5.42. The normalized spacial score (nSPS) is 21.1. The van der Waals surface area contributed by atoms with Crippen molar-refractivity contribution in [2.24, 2.45) is 0 Å². The number of likely N-dealkylation sites (N-methyl/N-ethyl adjacent to an activating group) is 1. The molecule has 2 aromatic heterocycles. The number of nitrogens with one attached hydrogen (secondary N) is 1. The summed E-state index contributed by atoms with van der Waals surface area (Å²) in [5, 5.41) is 18.1. The van der Waals surface area contributed by atoms with Gasteiger partial charge in [0, 0.05) is 43.2 Å². The second-order valence-corrected chi connectivity index (χ2v) is 11.3. The molecule has 3 aromatic rings. The standard InChI is InChI=1S/C30H37N9O2/c1-4-26(40)39-15-14-38(17-22(39)9-11-31)29-24-10-13-37(28-20(2)7-8-21-16-32-35-27(21)28)18-25(24)33-30(34-29)41-19-23-6-5-12-36(23)3/h4,7-8,16,22-23H,1,5-6,9-10,12-15,17-19H2,2-3H3,(H,32,35)/t22?,23-/m0/s1. The third kappa shape index (κ3) is 5.20. The average Bonchev–Trinajstić information content (AvgIpc) is 3.63. The highest BCUT2D eigenvalue weighted by atomic mass is 16.5. The minimum Gasteiger partial charge on any atom is -0.462 e. The van der Waals surface area contributed by atoms with E-state index in [0.717, 1.165) is 59.6 Å². The molecule has 1 N–H and O–H groups in total. The lowest BCUT2D eigenvalue weighted by molar-refractivity contribution is -0.128. The van der Waals surface area contributed by atoms with Crippen LogP contribution >= 0.6 is 0 Å². The van der Waals surface area contributed by atoms with E-state index >= 15 is 0 Å². The molecule has 214 valence electrons. The van der Waals surface area contributed by atoms with E-state index in [0.29, 0.717) is 44.8 Å². The number of rotatable bonds is 7. The number of benzene rings is 1. The predicted molar refractivity (Wildman–Crippen MR) is 157 cm³/mol. The van der Waals surface area contributed by atoms with Crippen LogP contribution in [0.3, 0.4) is 0 Å². The minimum absolute atomic E-state index is 0.140. The third-order valence-electron chi connectivity index (χ3n) is 8.77. The first-order valence-electron chi connectivity index (χ1n) is 14.4. The van der Waals surface area contributed by atoms with Crippen LogP contribution in [0.5, 0.6) is 6.01 Å². The Bertz CT molecular complexity index is 1500. The number of ether oxygens (including phenoxy) is 1. The zero-order chi connectivity index (χ0) is 28.5. The number of likely N-dealkylation sites (tertiary alicyclic amines) is 1. The number of anilines is 2. The molecule has 2 fully saturated rings. The van der Waals surface area contributed by atoms with Crippen molar-refractivity contribution in [2.75, 3.05) is 56.2 Å². The molecule has 3 aliphatic rings. The summed E-state index contributed by atoms with van der Waals surface area (Å²) in [4.78, 5) is 31.1. The lowest BCUT2D eigenvalue weighted by Gasteiger charge is -2.42. The molecule has 1 amide bonds. The highest BCUT2D eigenvalue weighted by Crippen LogP contribution is 2.36. The fourth-order valence-corrected chi connectivity index (χ4v) is 6.51. The van der Waals surface area contributed by atoms with Crippen LogP contribution in [0.15, 0.2) is 31.0 Å². The molecule has 3 aliphatic heterocycles. The molecule has 2 saturated heterocycles. The molecule has 5 heterocycles. The zero-order valence-corrected chi connectivity index (χ0v) is 23.8. The number of nitrogens with zero attached hydrogens (tertiary/aromatic N) is 8. The number of aromatic amines is 1. The molecular formula is C30H37N9O2. The van der Waals surface area contributed by atoms with Crippen molar-refractivity contribution in [1.82, 2.24) is 30.0 Å². The van der Waals surface area contributed by atoms with Crippen LogP contribution < -0.4 is 14.5 Å². The number of nitriles is 1. The summed E-state index contributed by atoms with van der Waals surface area (Å²) < 4.78 is 6.28. The number of piperazine rings is 1. The molecule has 0 spiro atoms. The van der Waals surface area contributed by atoms with Crippen LogP contribution in [0.2, 0.25) is 0 Å². The maximum atomic E-state index is 12.5. The van der Waals surface area contributed by atoms with Crippen molar-refractivity contribution in [1.29, 1.82) is 5.26 Å². The summed E-state index contributed by atoms with van der Waals surface area (Å²) in [6.45, 7) is 10.5. The number of aromatic nitrogens is 4. The predicted octanol–water partition coefficient (Wildman–Crippen LogP) is 2.81. The molecule has 2 atom stereocenters. The molecule has 0 radical (unpaired) electrons. The van der Waals surface area contributed by atoms with Gasteiger partial charge in [-0.05, 0) is 51.4 Å². The molecule has 1 aromatic carbocycles. The third-order valence-corrected chi connectivity index (χ3v) is 8.77. The summed E-state index contributed by atoms with van der Waals surface area (Å²) in [6.07, 6.45) is 6.48. The van der Waals surface area contributed by atoms with Crippen LogP contribution in [0.1, 0.15) is 36.1 Å². The van der Waals surface area contributed by atoms with Gasteiger partial charge in [0.05, 0.1) is 48.2 Å². The Morgan fingerprint density at radius 3 is 2.88 bits per heavy atom. The number of carbonyl (C=O) groups excluding carboxylic acids is 1. The molecule has 0 saturated carbocycles. The van der Waals surface area contributed by atoms with Gasteiger partial charge >= 0.3 is 6.01 Å². The van der Waals surface area contributed by atoms with Crippen LogP contribution in [0.25, 0.3) is 10.9 Å². The van der Waals surface area contributed by atoms with Crippen LogP contribution in [-0.2, 0) is 17.8 Å². The van der Waals surface area contributed by atoms with Gasteiger partial charge in [-0.3, -0.25) is 9.89 Å². The number of H-pyrrole nitrogens is 1. The smallest absolute Gasteiger partial charge is 0.318 e. The van der Waals surface area contributed by atoms with Crippen LogP contribution in [0, 0.1) is 18.3 Å². The van der Waals surface area contributed by atoms with Crippen molar-refractivity contribution >= 4 is 28.3 Å². The zero-order valence-electron chi connectivity index (χ0n) is 23.8. The first-order valence-corrected chi connectivity index (χ1v) is 14.4. The fraction of sp³-hybridized carbons (Fsp3) is 0.500. The molecular weight excluding hydrogens is 518 g/mol. The van der Waals surface area contributed by atoms with Crippen molar-refractivity contribution in [3.05, 3.63) is 47.8 Å².